The largest absolute Gasteiger partial charge is 0.493 e. The van der Waals surface area contributed by atoms with E-state index in [1.807, 2.05) is 54.6 Å². The number of halogens is 1. The van der Waals surface area contributed by atoms with E-state index in [0.717, 1.165) is 16.7 Å². The van der Waals surface area contributed by atoms with Crippen molar-refractivity contribution in [1.82, 2.24) is 0 Å². The van der Waals surface area contributed by atoms with E-state index in [1.54, 1.807) is 32.4 Å². The summed E-state index contributed by atoms with van der Waals surface area (Å²) in [6, 6.07) is 22.7. The van der Waals surface area contributed by atoms with E-state index >= 15 is 0 Å². The molecule has 146 valence electrons. The predicted octanol–water partition coefficient (Wildman–Crippen LogP) is 6.00. The Hall–Kier alpha value is -3.42. The van der Waals surface area contributed by atoms with Crippen LogP contribution in [0.25, 0.3) is 11.6 Å². The number of hydrogen-bond acceptors (Lipinski definition) is 4. The van der Waals surface area contributed by atoms with Crippen molar-refractivity contribution in [3.63, 3.8) is 0 Å². The average molecular weight is 406 g/mol. The Kier molecular flexibility index (Phi) is 6.78. The van der Waals surface area contributed by atoms with Gasteiger partial charge in [0.25, 0.3) is 0 Å². The monoisotopic (exact) mass is 405 g/mol. The molecule has 4 nitrogen and oxygen atoms in total. The molecule has 0 atom stereocenters. The van der Waals surface area contributed by atoms with E-state index in [-0.39, 0.29) is 0 Å². The lowest BCUT2D eigenvalue weighted by Gasteiger charge is -2.11. The maximum absolute atomic E-state index is 9.72. The third-order valence-electron chi connectivity index (χ3n) is 4.37. The maximum Gasteiger partial charge on any atom is 0.161 e. The Labute approximate surface area is 175 Å². The van der Waals surface area contributed by atoms with Gasteiger partial charge in [-0.1, -0.05) is 48.0 Å². The molecule has 0 aliphatic rings. The number of ether oxygens (including phenoxy) is 3. The van der Waals surface area contributed by atoms with Crippen LogP contribution in [-0.2, 0) is 6.61 Å². The van der Waals surface area contributed by atoms with Crippen molar-refractivity contribution in [3.05, 3.63) is 88.4 Å². The molecule has 0 aliphatic carbocycles. The first kappa shape index (κ1) is 20.3. The van der Waals surface area contributed by atoms with Crippen LogP contribution in [0.5, 0.6) is 17.2 Å². The van der Waals surface area contributed by atoms with Crippen LogP contribution in [0.4, 0.5) is 0 Å². The summed E-state index contributed by atoms with van der Waals surface area (Å²) in [4.78, 5) is 0. The van der Waals surface area contributed by atoms with Crippen molar-refractivity contribution in [2.75, 3.05) is 14.2 Å². The zero-order valence-electron chi connectivity index (χ0n) is 16.2. The maximum atomic E-state index is 9.72. The van der Waals surface area contributed by atoms with Crippen molar-refractivity contribution < 1.29 is 14.2 Å². The Morgan fingerprint density at radius 3 is 2.38 bits per heavy atom. The van der Waals surface area contributed by atoms with Crippen molar-refractivity contribution in [1.29, 1.82) is 5.26 Å². The van der Waals surface area contributed by atoms with E-state index in [4.69, 9.17) is 25.8 Å². The smallest absolute Gasteiger partial charge is 0.161 e. The molecular weight excluding hydrogens is 386 g/mol. The molecule has 0 aromatic heterocycles. The van der Waals surface area contributed by atoms with Gasteiger partial charge in [0, 0.05) is 16.1 Å². The van der Waals surface area contributed by atoms with Gasteiger partial charge in [0.05, 0.1) is 25.9 Å². The Balaban J connectivity index is 1.91. The number of hydrogen-bond donors (Lipinski definition) is 0. The number of para-hydroxylation sites is 1. The molecule has 0 unspecified atom stereocenters. The van der Waals surface area contributed by atoms with Crippen LogP contribution in [0.2, 0.25) is 5.02 Å². The second-order valence-electron chi connectivity index (χ2n) is 6.16. The van der Waals surface area contributed by atoms with E-state index in [9.17, 15) is 5.26 Å². The lowest BCUT2D eigenvalue weighted by molar-refractivity contribution is 0.305. The molecule has 0 N–H and O–H groups in total. The fraction of sp³-hybridized carbons (Fsp3) is 0.125. The molecule has 29 heavy (non-hydrogen) atoms. The number of rotatable bonds is 7. The molecule has 5 heteroatoms. The standard InChI is InChI=1S/C24H20ClNO3/c1-27-23-12-11-17(14-24(23)28-2)20(15-26)13-18-7-4-6-10-22(18)29-16-19-8-3-5-9-21(19)25/h3-14H,16H2,1-2H3/b20-13+. The molecule has 0 bridgehead atoms. The summed E-state index contributed by atoms with van der Waals surface area (Å²) < 4.78 is 16.6. The van der Waals surface area contributed by atoms with Crippen molar-refractivity contribution in [2.45, 2.75) is 6.61 Å². The summed E-state index contributed by atoms with van der Waals surface area (Å²) >= 11 is 6.21. The van der Waals surface area contributed by atoms with Crippen molar-refractivity contribution in [2.24, 2.45) is 0 Å². The molecule has 3 aromatic rings. The van der Waals surface area contributed by atoms with Gasteiger partial charge in [-0.2, -0.15) is 5.26 Å². The van der Waals surface area contributed by atoms with Gasteiger partial charge in [-0.3, -0.25) is 0 Å². The Morgan fingerprint density at radius 2 is 1.66 bits per heavy atom. The number of nitrogens with zero attached hydrogens (tertiary/aromatic N) is 1. The van der Waals surface area contributed by atoms with Gasteiger partial charge in [0.15, 0.2) is 11.5 Å². The van der Waals surface area contributed by atoms with Gasteiger partial charge in [-0.05, 0) is 42.0 Å². The third-order valence-corrected chi connectivity index (χ3v) is 4.74. The molecule has 0 aliphatic heterocycles. The fourth-order valence-corrected chi connectivity index (χ4v) is 3.03. The molecule has 3 aromatic carbocycles. The van der Waals surface area contributed by atoms with Gasteiger partial charge in [0.1, 0.15) is 12.4 Å². The Morgan fingerprint density at radius 1 is 0.931 bits per heavy atom. The van der Waals surface area contributed by atoms with Crippen LogP contribution < -0.4 is 14.2 Å². The summed E-state index contributed by atoms with van der Waals surface area (Å²) in [5.74, 6) is 1.84. The summed E-state index contributed by atoms with van der Waals surface area (Å²) in [6.07, 6.45) is 1.79. The highest BCUT2D eigenvalue weighted by Crippen LogP contribution is 2.32. The first-order chi connectivity index (χ1) is 14.2. The summed E-state index contributed by atoms with van der Waals surface area (Å²) in [7, 11) is 3.14. The SMILES string of the molecule is COc1ccc(/C(C#N)=C/c2ccccc2OCc2ccccc2Cl)cc1OC. The van der Waals surface area contributed by atoms with E-state index in [1.165, 1.54) is 0 Å². The first-order valence-electron chi connectivity index (χ1n) is 8.95. The van der Waals surface area contributed by atoms with Crippen LogP contribution in [0.3, 0.4) is 0 Å². The first-order valence-corrected chi connectivity index (χ1v) is 9.33. The molecule has 0 heterocycles. The van der Waals surface area contributed by atoms with Gasteiger partial charge in [-0.25, -0.2) is 0 Å². The van der Waals surface area contributed by atoms with Crippen molar-refractivity contribution >= 4 is 23.3 Å². The second kappa shape index (κ2) is 9.68. The normalized spacial score (nSPS) is 10.9. The van der Waals surface area contributed by atoms with E-state index < -0.39 is 0 Å². The number of methoxy groups -OCH3 is 2. The zero-order chi connectivity index (χ0) is 20.6. The molecular formula is C24H20ClNO3. The van der Waals surface area contributed by atoms with Gasteiger partial charge < -0.3 is 14.2 Å². The van der Waals surface area contributed by atoms with E-state index in [0.29, 0.717) is 34.5 Å². The lowest BCUT2D eigenvalue weighted by Crippen LogP contribution is -1.98. The quantitative estimate of drug-likeness (QED) is 0.357. The highest BCUT2D eigenvalue weighted by atomic mass is 35.5. The average Bonchev–Trinajstić information content (AvgIpc) is 2.77. The van der Waals surface area contributed by atoms with Crippen LogP contribution in [0.15, 0.2) is 66.7 Å². The van der Waals surface area contributed by atoms with E-state index in [2.05, 4.69) is 6.07 Å². The third kappa shape index (κ3) is 4.90. The van der Waals surface area contributed by atoms with Crippen LogP contribution in [-0.4, -0.2) is 14.2 Å². The minimum Gasteiger partial charge on any atom is -0.493 e. The second-order valence-corrected chi connectivity index (χ2v) is 6.56. The summed E-state index contributed by atoms with van der Waals surface area (Å²) in [5, 5.41) is 10.4. The van der Waals surface area contributed by atoms with Gasteiger partial charge >= 0.3 is 0 Å². The molecule has 0 radical (unpaired) electrons. The molecule has 0 spiro atoms. The minimum atomic E-state index is 0.336. The lowest BCUT2D eigenvalue weighted by atomic mass is 10.0. The summed E-state index contributed by atoms with van der Waals surface area (Å²) in [6.45, 7) is 0.336. The fourth-order valence-electron chi connectivity index (χ4n) is 2.84. The highest BCUT2D eigenvalue weighted by Gasteiger charge is 2.10. The molecule has 0 amide bonds. The highest BCUT2D eigenvalue weighted by molar-refractivity contribution is 6.31. The zero-order valence-corrected chi connectivity index (χ0v) is 16.9. The van der Waals surface area contributed by atoms with Crippen LogP contribution in [0, 0.1) is 11.3 Å². The molecule has 3 rings (SSSR count). The number of allylic oxidation sites excluding steroid dienone is 1. The Bertz CT molecular complexity index is 1070. The predicted molar refractivity (Wildman–Crippen MR) is 115 cm³/mol. The van der Waals surface area contributed by atoms with Crippen LogP contribution in [0.1, 0.15) is 16.7 Å². The topological polar surface area (TPSA) is 51.5 Å². The minimum absolute atomic E-state index is 0.336. The van der Waals surface area contributed by atoms with Gasteiger partial charge in [-0.15, -0.1) is 0 Å². The summed E-state index contributed by atoms with van der Waals surface area (Å²) in [5.41, 5.74) is 2.91. The number of benzene rings is 3. The van der Waals surface area contributed by atoms with Crippen LogP contribution >= 0.6 is 11.6 Å². The molecule has 0 saturated carbocycles. The molecule has 0 saturated heterocycles. The van der Waals surface area contributed by atoms with Crippen molar-refractivity contribution in [3.8, 4) is 23.3 Å². The van der Waals surface area contributed by atoms with Gasteiger partial charge in [0.2, 0.25) is 0 Å². The number of nitriles is 1. The molecule has 0 fully saturated rings.